The average molecular weight is 313 g/mol. The molecule has 0 saturated carbocycles. The van der Waals surface area contributed by atoms with Gasteiger partial charge in [0.1, 0.15) is 0 Å². The van der Waals surface area contributed by atoms with E-state index in [2.05, 4.69) is 5.43 Å². The smallest absolute Gasteiger partial charge is 0.243 e. The zero-order chi connectivity index (χ0) is 16.4. The Morgan fingerprint density at radius 2 is 1.62 bits per heavy atom. The summed E-state index contributed by atoms with van der Waals surface area (Å²) in [7, 11) is -3.52. The van der Waals surface area contributed by atoms with Crippen LogP contribution in [-0.4, -0.2) is 25.3 Å². The van der Waals surface area contributed by atoms with E-state index < -0.39 is 10.0 Å². The lowest BCUT2D eigenvalue weighted by atomic mass is 10.1. The monoisotopic (exact) mass is 313 g/mol. The van der Waals surface area contributed by atoms with Crippen molar-refractivity contribution in [3.05, 3.63) is 23.3 Å². The Morgan fingerprint density at radius 1 is 1.14 bits per heavy atom. The van der Waals surface area contributed by atoms with Crippen molar-refractivity contribution >= 4 is 15.7 Å². The fraction of sp³-hybridized carbons (Fsp3) is 0.600. The summed E-state index contributed by atoms with van der Waals surface area (Å²) in [5.74, 6) is 5.68. The first-order valence-electron chi connectivity index (χ1n) is 7.21. The topological polar surface area (TPSA) is 75.4 Å². The third kappa shape index (κ3) is 3.96. The molecule has 0 aliphatic heterocycles. The van der Waals surface area contributed by atoms with Gasteiger partial charge in [-0.15, -0.1) is 0 Å². The van der Waals surface area contributed by atoms with Gasteiger partial charge >= 0.3 is 0 Å². The SMILES string of the molecule is Cc1cc(NN)cc(C)c1S(=O)(=O)N(CC(C)C)C(C)C. The minimum absolute atomic E-state index is 0.0801. The molecule has 1 rings (SSSR count). The van der Waals surface area contributed by atoms with Crippen molar-refractivity contribution < 1.29 is 8.42 Å². The first kappa shape index (κ1) is 17.9. The number of hydrogen-bond acceptors (Lipinski definition) is 4. The van der Waals surface area contributed by atoms with Crippen LogP contribution in [0.3, 0.4) is 0 Å². The Bertz CT molecular complexity index is 572. The van der Waals surface area contributed by atoms with E-state index in [1.165, 1.54) is 0 Å². The minimum Gasteiger partial charge on any atom is -0.324 e. The standard InChI is InChI=1S/C15H27N3O2S/c1-10(2)9-18(11(3)4)21(19,20)15-12(5)7-14(17-16)8-13(15)6/h7-8,10-11,17H,9,16H2,1-6H3. The van der Waals surface area contributed by atoms with Gasteiger partial charge in [-0.1, -0.05) is 13.8 Å². The normalized spacial score (nSPS) is 12.5. The van der Waals surface area contributed by atoms with Crippen LogP contribution < -0.4 is 11.3 Å². The molecule has 1 aromatic rings. The first-order valence-corrected chi connectivity index (χ1v) is 8.65. The molecule has 0 aromatic heterocycles. The summed E-state index contributed by atoms with van der Waals surface area (Å²) < 4.78 is 27.6. The lowest BCUT2D eigenvalue weighted by Crippen LogP contribution is -2.40. The molecule has 0 fully saturated rings. The van der Waals surface area contributed by atoms with Gasteiger partial charge in [-0.2, -0.15) is 4.31 Å². The van der Waals surface area contributed by atoms with Gasteiger partial charge in [0, 0.05) is 18.3 Å². The second-order valence-electron chi connectivity index (χ2n) is 6.15. The van der Waals surface area contributed by atoms with Crippen molar-refractivity contribution in [2.24, 2.45) is 11.8 Å². The second-order valence-corrected chi connectivity index (χ2v) is 7.97. The summed E-state index contributed by atoms with van der Waals surface area (Å²) >= 11 is 0. The third-order valence-electron chi connectivity index (χ3n) is 3.31. The number of sulfonamides is 1. The molecule has 0 bridgehead atoms. The highest BCUT2D eigenvalue weighted by Gasteiger charge is 2.30. The highest BCUT2D eigenvalue weighted by atomic mass is 32.2. The zero-order valence-electron chi connectivity index (χ0n) is 13.8. The van der Waals surface area contributed by atoms with Crippen LogP contribution in [0.2, 0.25) is 0 Å². The molecular formula is C15H27N3O2S. The summed E-state index contributed by atoms with van der Waals surface area (Å²) in [6.07, 6.45) is 0. The summed E-state index contributed by atoms with van der Waals surface area (Å²) in [5.41, 5.74) is 4.69. The lowest BCUT2D eigenvalue weighted by molar-refractivity contribution is 0.318. The molecule has 6 heteroatoms. The van der Waals surface area contributed by atoms with Gasteiger partial charge in [-0.3, -0.25) is 5.84 Å². The quantitative estimate of drug-likeness (QED) is 0.625. The van der Waals surface area contributed by atoms with Gasteiger partial charge in [0.05, 0.1) is 4.90 Å². The summed E-state index contributed by atoms with van der Waals surface area (Å²) in [5, 5.41) is 0. The molecule has 0 radical (unpaired) electrons. The second kappa shape index (κ2) is 6.77. The number of aryl methyl sites for hydroxylation is 2. The van der Waals surface area contributed by atoms with Gasteiger partial charge < -0.3 is 5.43 Å². The van der Waals surface area contributed by atoms with Crippen LogP contribution in [0.5, 0.6) is 0 Å². The van der Waals surface area contributed by atoms with Gasteiger partial charge in [0.15, 0.2) is 0 Å². The molecule has 1 aromatic carbocycles. The number of rotatable bonds is 6. The summed E-state index contributed by atoms with van der Waals surface area (Å²) in [6.45, 7) is 12.0. The molecule has 0 heterocycles. The van der Waals surface area contributed by atoms with E-state index in [1.54, 1.807) is 30.3 Å². The maximum atomic E-state index is 13.0. The van der Waals surface area contributed by atoms with Crippen molar-refractivity contribution in [3.63, 3.8) is 0 Å². The molecule has 0 aliphatic rings. The average Bonchev–Trinajstić information content (AvgIpc) is 2.33. The maximum absolute atomic E-state index is 13.0. The van der Waals surface area contributed by atoms with Crippen molar-refractivity contribution in [2.75, 3.05) is 12.0 Å². The third-order valence-corrected chi connectivity index (χ3v) is 5.66. The number of nitrogens with zero attached hydrogens (tertiary/aromatic N) is 1. The van der Waals surface area contributed by atoms with Gasteiger partial charge in [-0.05, 0) is 56.9 Å². The van der Waals surface area contributed by atoms with E-state index in [0.29, 0.717) is 28.3 Å². The Hall–Kier alpha value is -1.11. The van der Waals surface area contributed by atoms with E-state index >= 15 is 0 Å². The fourth-order valence-electron chi connectivity index (χ4n) is 2.50. The molecule has 5 nitrogen and oxygen atoms in total. The largest absolute Gasteiger partial charge is 0.324 e. The molecule has 0 aliphatic carbocycles. The highest BCUT2D eigenvalue weighted by Crippen LogP contribution is 2.28. The number of nitrogens with two attached hydrogens (primary N) is 1. The van der Waals surface area contributed by atoms with Crippen LogP contribution in [0.4, 0.5) is 5.69 Å². The number of nitrogens with one attached hydrogen (secondary N) is 1. The molecule has 3 N–H and O–H groups in total. The van der Waals surface area contributed by atoms with Crippen LogP contribution in [0.25, 0.3) is 0 Å². The van der Waals surface area contributed by atoms with Crippen molar-refractivity contribution in [3.8, 4) is 0 Å². The van der Waals surface area contributed by atoms with E-state index in [4.69, 9.17) is 5.84 Å². The Labute approximate surface area is 128 Å². The van der Waals surface area contributed by atoms with Crippen LogP contribution in [-0.2, 0) is 10.0 Å². The van der Waals surface area contributed by atoms with E-state index in [-0.39, 0.29) is 12.0 Å². The Balaban J connectivity index is 3.41. The number of benzene rings is 1. The minimum atomic E-state index is -3.52. The molecular weight excluding hydrogens is 286 g/mol. The lowest BCUT2D eigenvalue weighted by Gasteiger charge is -2.29. The molecule has 0 amide bonds. The predicted molar refractivity (Wildman–Crippen MR) is 87.6 cm³/mol. The number of hydrazine groups is 1. The van der Waals surface area contributed by atoms with E-state index in [0.717, 1.165) is 0 Å². The molecule has 0 unspecified atom stereocenters. The first-order chi connectivity index (χ1) is 9.61. The Kier molecular flexibility index (Phi) is 5.78. The molecule has 21 heavy (non-hydrogen) atoms. The van der Waals surface area contributed by atoms with Crippen LogP contribution in [0.15, 0.2) is 17.0 Å². The van der Waals surface area contributed by atoms with Gasteiger partial charge in [-0.25, -0.2) is 8.42 Å². The van der Waals surface area contributed by atoms with Crippen molar-refractivity contribution in [2.45, 2.75) is 52.5 Å². The van der Waals surface area contributed by atoms with Crippen molar-refractivity contribution in [1.82, 2.24) is 4.31 Å². The van der Waals surface area contributed by atoms with Gasteiger partial charge in [0.2, 0.25) is 10.0 Å². The van der Waals surface area contributed by atoms with E-state index in [1.807, 2.05) is 27.7 Å². The Morgan fingerprint density at radius 3 is 1.95 bits per heavy atom. The number of anilines is 1. The van der Waals surface area contributed by atoms with E-state index in [9.17, 15) is 8.42 Å². The van der Waals surface area contributed by atoms with Crippen molar-refractivity contribution in [1.29, 1.82) is 0 Å². The van der Waals surface area contributed by atoms with Crippen LogP contribution >= 0.6 is 0 Å². The number of hydrogen-bond donors (Lipinski definition) is 2. The molecule has 0 atom stereocenters. The van der Waals surface area contributed by atoms with Crippen LogP contribution in [0, 0.1) is 19.8 Å². The fourth-order valence-corrected chi connectivity index (χ4v) is 4.72. The van der Waals surface area contributed by atoms with Crippen LogP contribution in [0.1, 0.15) is 38.8 Å². The number of nitrogen functional groups attached to an aromatic ring is 1. The molecule has 120 valence electrons. The molecule has 0 spiro atoms. The summed E-state index contributed by atoms with van der Waals surface area (Å²) in [4.78, 5) is 0.385. The zero-order valence-corrected chi connectivity index (χ0v) is 14.6. The predicted octanol–water partition coefficient (Wildman–Crippen LogP) is 2.64. The van der Waals surface area contributed by atoms with Gasteiger partial charge in [0.25, 0.3) is 0 Å². The molecule has 0 saturated heterocycles. The maximum Gasteiger partial charge on any atom is 0.243 e. The highest BCUT2D eigenvalue weighted by molar-refractivity contribution is 7.89. The summed E-state index contributed by atoms with van der Waals surface area (Å²) in [6, 6.07) is 3.44.